The molecule has 7 nitrogen and oxygen atoms in total. The highest BCUT2D eigenvalue weighted by atomic mass is 35.5. The van der Waals surface area contributed by atoms with Gasteiger partial charge in [-0.05, 0) is 104 Å². The summed E-state index contributed by atoms with van der Waals surface area (Å²) in [6, 6.07) is 13.8. The molecule has 0 saturated carbocycles. The Balaban J connectivity index is 1.40. The molecule has 2 aromatic carbocycles. The summed E-state index contributed by atoms with van der Waals surface area (Å²) < 4.78 is 8.01. The predicted molar refractivity (Wildman–Crippen MR) is 166 cm³/mol. The lowest BCUT2D eigenvalue weighted by Crippen LogP contribution is -2.25. The quantitative estimate of drug-likeness (QED) is 0.212. The first-order valence-electron chi connectivity index (χ1n) is 14.2. The van der Waals surface area contributed by atoms with Crippen molar-refractivity contribution in [3.8, 4) is 16.9 Å². The Hall–Kier alpha value is -3.94. The Morgan fingerprint density at radius 1 is 1.10 bits per heavy atom. The molecule has 2 heterocycles. The molecule has 0 saturated heterocycles. The minimum Gasteiger partial charge on any atom is -0.494 e. The van der Waals surface area contributed by atoms with Gasteiger partial charge in [-0.3, -0.25) is 14.5 Å². The topological polar surface area (TPSA) is 89.3 Å². The van der Waals surface area contributed by atoms with Crippen molar-refractivity contribution < 1.29 is 14.6 Å². The number of hydrogen-bond acceptors (Lipinski definition) is 5. The molecule has 4 aromatic rings. The Morgan fingerprint density at radius 3 is 2.52 bits per heavy atom. The van der Waals surface area contributed by atoms with Crippen LogP contribution in [0.4, 0.5) is 0 Å². The molecule has 0 aliphatic heterocycles. The number of aliphatic hydroxyl groups is 1. The van der Waals surface area contributed by atoms with Crippen molar-refractivity contribution in [2.75, 3.05) is 6.61 Å². The van der Waals surface area contributed by atoms with Gasteiger partial charge in [0.25, 0.3) is 0 Å². The largest absolute Gasteiger partial charge is 0.494 e. The van der Waals surface area contributed by atoms with E-state index in [4.69, 9.17) is 16.3 Å². The monoisotopic (exact) mass is 584 g/mol. The summed E-state index contributed by atoms with van der Waals surface area (Å²) in [5.74, 6) is 0.698. The molecule has 1 aliphatic rings. The number of nitrogens with one attached hydrogen (secondary N) is 1. The summed E-state index contributed by atoms with van der Waals surface area (Å²) in [5, 5.41) is 18.0. The van der Waals surface area contributed by atoms with Crippen LogP contribution in [0.15, 0.2) is 54.2 Å². The number of aryl methyl sites for hydroxylation is 4. The number of carbonyl (C=O) groups excluding carboxylic acids is 1. The molecule has 42 heavy (non-hydrogen) atoms. The number of rotatable bonds is 10. The van der Waals surface area contributed by atoms with Gasteiger partial charge < -0.3 is 15.2 Å². The fraction of sp³-hybridized carbons (Fsp3) is 0.324. The average molecular weight is 585 g/mol. The van der Waals surface area contributed by atoms with Crippen LogP contribution in [0.5, 0.6) is 5.75 Å². The summed E-state index contributed by atoms with van der Waals surface area (Å²) >= 11 is 6.33. The second kappa shape index (κ2) is 12.5. The van der Waals surface area contributed by atoms with E-state index in [2.05, 4.69) is 40.5 Å². The number of ether oxygens (including phenoxy) is 1. The Labute approximate surface area is 252 Å². The normalized spacial score (nSPS) is 12.5. The van der Waals surface area contributed by atoms with Gasteiger partial charge in [-0.25, -0.2) is 0 Å². The zero-order valence-electron chi connectivity index (χ0n) is 24.8. The molecular formula is C34H37ClN4O3. The molecule has 2 N–H and O–H groups in total. The summed E-state index contributed by atoms with van der Waals surface area (Å²) in [6.07, 6.45) is 3.65. The smallest absolute Gasteiger partial charge is 0.248 e. The maximum absolute atomic E-state index is 13.7. The SMILES string of the molecule is Cc1cc(OCCCC2=C(C(=O)NCc3cc(CO)ccn3)Cc3c2cccc3-c2c(C)nn(C)c2C)cc(C)c1Cl. The zero-order valence-corrected chi connectivity index (χ0v) is 25.6. The van der Waals surface area contributed by atoms with Crippen LogP contribution >= 0.6 is 11.6 Å². The summed E-state index contributed by atoms with van der Waals surface area (Å²) in [5.41, 5.74) is 11.8. The summed E-state index contributed by atoms with van der Waals surface area (Å²) in [6.45, 7) is 8.80. The summed E-state index contributed by atoms with van der Waals surface area (Å²) in [7, 11) is 1.96. The molecule has 0 atom stereocenters. The van der Waals surface area contributed by atoms with Crippen molar-refractivity contribution >= 4 is 23.1 Å². The minimum absolute atomic E-state index is 0.0682. The van der Waals surface area contributed by atoms with Gasteiger partial charge in [-0.1, -0.05) is 29.8 Å². The first kappa shape index (κ1) is 29.5. The van der Waals surface area contributed by atoms with Crippen molar-refractivity contribution in [2.24, 2.45) is 7.05 Å². The Morgan fingerprint density at radius 2 is 1.83 bits per heavy atom. The highest BCUT2D eigenvalue weighted by Gasteiger charge is 2.29. The standard InChI is InChI=1S/C34H37ClN4O3/c1-20-14-26(15-21(2)33(20)35)42-13-7-10-28-27-8-6-9-29(32-22(3)38-39(5)23(32)4)30(27)17-31(28)34(41)37-18-25-16-24(19-40)11-12-36-25/h6,8-9,11-12,14-16,40H,7,10,13,17-19H2,1-5H3,(H,37,41). The molecule has 218 valence electrons. The van der Waals surface area contributed by atoms with Gasteiger partial charge in [0.2, 0.25) is 5.91 Å². The second-order valence-electron chi connectivity index (χ2n) is 11.0. The van der Waals surface area contributed by atoms with Gasteiger partial charge >= 0.3 is 0 Å². The van der Waals surface area contributed by atoms with E-state index in [9.17, 15) is 9.90 Å². The molecule has 8 heteroatoms. The van der Waals surface area contributed by atoms with E-state index in [-0.39, 0.29) is 19.1 Å². The van der Waals surface area contributed by atoms with Crippen LogP contribution in [0.25, 0.3) is 16.7 Å². The van der Waals surface area contributed by atoms with E-state index >= 15 is 0 Å². The molecule has 0 unspecified atom stereocenters. The minimum atomic E-state index is -0.104. The van der Waals surface area contributed by atoms with E-state index in [0.717, 1.165) is 78.7 Å². The summed E-state index contributed by atoms with van der Waals surface area (Å²) in [4.78, 5) is 18.0. The Kier molecular flexibility index (Phi) is 8.80. The number of benzene rings is 2. The molecule has 2 aromatic heterocycles. The van der Waals surface area contributed by atoms with Crippen molar-refractivity contribution in [1.82, 2.24) is 20.1 Å². The fourth-order valence-corrected chi connectivity index (χ4v) is 5.94. The molecule has 0 fully saturated rings. The van der Waals surface area contributed by atoms with Crippen LogP contribution in [0.1, 0.15) is 57.7 Å². The zero-order chi connectivity index (χ0) is 30.0. The first-order valence-corrected chi connectivity index (χ1v) is 14.6. The number of nitrogens with zero attached hydrogens (tertiary/aromatic N) is 3. The number of amides is 1. The van der Waals surface area contributed by atoms with Crippen molar-refractivity contribution in [2.45, 2.75) is 60.1 Å². The van der Waals surface area contributed by atoms with Gasteiger partial charge in [0, 0.05) is 41.5 Å². The average Bonchev–Trinajstić information content (AvgIpc) is 3.48. The van der Waals surface area contributed by atoms with Gasteiger partial charge in [0.05, 0.1) is 31.1 Å². The highest BCUT2D eigenvalue weighted by Crippen LogP contribution is 2.42. The van der Waals surface area contributed by atoms with Crippen LogP contribution in [-0.2, 0) is 31.4 Å². The van der Waals surface area contributed by atoms with E-state index < -0.39 is 0 Å². The molecule has 1 amide bonds. The fourth-order valence-electron chi connectivity index (χ4n) is 5.84. The third-order valence-corrected chi connectivity index (χ3v) is 8.61. The van der Waals surface area contributed by atoms with Gasteiger partial charge in [-0.15, -0.1) is 0 Å². The molecule has 5 rings (SSSR count). The van der Waals surface area contributed by atoms with Crippen LogP contribution in [0.3, 0.4) is 0 Å². The third kappa shape index (κ3) is 5.98. The van der Waals surface area contributed by atoms with Crippen molar-refractivity contribution in [1.29, 1.82) is 0 Å². The third-order valence-electron chi connectivity index (χ3n) is 8.01. The lowest BCUT2D eigenvalue weighted by atomic mass is 9.93. The van der Waals surface area contributed by atoms with Gasteiger partial charge in [0.1, 0.15) is 5.75 Å². The number of aliphatic hydroxyl groups excluding tert-OH is 1. The maximum Gasteiger partial charge on any atom is 0.248 e. The number of halogens is 1. The van der Waals surface area contributed by atoms with Crippen LogP contribution < -0.4 is 10.1 Å². The van der Waals surface area contributed by atoms with Crippen LogP contribution in [-0.4, -0.2) is 32.4 Å². The van der Waals surface area contributed by atoms with E-state index in [0.29, 0.717) is 25.1 Å². The molecule has 0 radical (unpaired) electrons. The molecule has 0 bridgehead atoms. The molecule has 0 spiro atoms. The highest BCUT2D eigenvalue weighted by molar-refractivity contribution is 6.32. The maximum atomic E-state index is 13.7. The number of hydrogen-bond donors (Lipinski definition) is 2. The van der Waals surface area contributed by atoms with Crippen molar-refractivity contribution in [3.63, 3.8) is 0 Å². The van der Waals surface area contributed by atoms with Gasteiger partial charge in [-0.2, -0.15) is 5.10 Å². The van der Waals surface area contributed by atoms with E-state index in [1.165, 1.54) is 0 Å². The molecule has 1 aliphatic carbocycles. The molecular weight excluding hydrogens is 548 g/mol. The van der Waals surface area contributed by atoms with E-state index in [1.54, 1.807) is 12.3 Å². The van der Waals surface area contributed by atoms with Crippen LogP contribution in [0, 0.1) is 27.7 Å². The van der Waals surface area contributed by atoms with Gasteiger partial charge in [0.15, 0.2) is 0 Å². The second-order valence-corrected chi connectivity index (χ2v) is 11.3. The van der Waals surface area contributed by atoms with Crippen molar-refractivity contribution in [3.05, 3.63) is 104 Å². The number of allylic oxidation sites excluding steroid dienone is 1. The number of carbonyl (C=O) groups is 1. The van der Waals surface area contributed by atoms with E-state index in [1.807, 2.05) is 50.7 Å². The number of fused-ring (bicyclic) bond motifs is 1. The number of pyridine rings is 1. The lowest BCUT2D eigenvalue weighted by Gasteiger charge is -2.13. The Bertz CT molecular complexity index is 1670. The number of aromatic nitrogens is 3. The lowest BCUT2D eigenvalue weighted by molar-refractivity contribution is -0.117. The predicted octanol–water partition coefficient (Wildman–Crippen LogP) is 6.35. The van der Waals surface area contributed by atoms with Crippen LogP contribution in [0.2, 0.25) is 5.02 Å². The first-order chi connectivity index (χ1) is 20.2.